The Morgan fingerprint density at radius 3 is 2.53 bits per heavy atom. The standard InChI is InChI=1S/C12H18ClN3O.2ClH/c1-16(2)11-6-5-9(13)8-10(11)15-12(17)4-3-7-14;;/h5-6,8H,3-4,7,14H2,1-2H3,(H,15,17);2*1H. The highest BCUT2D eigenvalue weighted by Gasteiger charge is 2.08. The second-order valence-corrected chi connectivity index (χ2v) is 4.43. The molecule has 7 heteroatoms. The maximum Gasteiger partial charge on any atom is 0.224 e. The minimum Gasteiger partial charge on any atom is -0.376 e. The lowest BCUT2D eigenvalue weighted by Crippen LogP contribution is -2.17. The molecule has 19 heavy (non-hydrogen) atoms. The first kappa shape index (κ1) is 20.6. The molecule has 1 aromatic carbocycles. The van der Waals surface area contributed by atoms with Gasteiger partial charge in [0.05, 0.1) is 11.4 Å². The van der Waals surface area contributed by atoms with Crippen LogP contribution < -0.4 is 16.0 Å². The van der Waals surface area contributed by atoms with Crippen molar-refractivity contribution in [2.24, 2.45) is 5.73 Å². The molecule has 110 valence electrons. The smallest absolute Gasteiger partial charge is 0.224 e. The zero-order valence-corrected chi connectivity index (χ0v) is 13.4. The zero-order valence-electron chi connectivity index (χ0n) is 11.0. The first-order valence-electron chi connectivity index (χ1n) is 5.51. The predicted molar refractivity (Wildman–Crippen MR) is 87.2 cm³/mol. The van der Waals surface area contributed by atoms with Crippen LogP contribution in [0.4, 0.5) is 11.4 Å². The number of nitrogens with two attached hydrogens (primary N) is 1. The molecule has 0 bridgehead atoms. The van der Waals surface area contributed by atoms with Crippen molar-refractivity contribution < 1.29 is 4.79 Å². The summed E-state index contributed by atoms with van der Waals surface area (Å²) in [4.78, 5) is 13.6. The van der Waals surface area contributed by atoms with E-state index in [1.807, 2.05) is 25.1 Å². The fourth-order valence-electron chi connectivity index (χ4n) is 1.47. The third-order valence-corrected chi connectivity index (χ3v) is 2.56. The monoisotopic (exact) mass is 327 g/mol. The number of hydrogen-bond donors (Lipinski definition) is 2. The fourth-order valence-corrected chi connectivity index (χ4v) is 1.65. The molecule has 1 aromatic rings. The molecule has 0 saturated carbocycles. The minimum atomic E-state index is -0.0409. The highest BCUT2D eigenvalue weighted by Crippen LogP contribution is 2.27. The van der Waals surface area contributed by atoms with Gasteiger partial charge in [0.2, 0.25) is 5.91 Å². The van der Waals surface area contributed by atoms with Gasteiger partial charge in [-0.05, 0) is 31.2 Å². The van der Waals surface area contributed by atoms with Crippen molar-refractivity contribution in [3.8, 4) is 0 Å². The second kappa shape index (κ2) is 10.1. The topological polar surface area (TPSA) is 58.4 Å². The first-order chi connectivity index (χ1) is 8.04. The Balaban J connectivity index is 0. The number of carbonyl (C=O) groups is 1. The molecule has 4 nitrogen and oxygen atoms in total. The van der Waals surface area contributed by atoms with E-state index in [-0.39, 0.29) is 30.7 Å². The summed E-state index contributed by atoms with van der Waals surface area (Å²) >= 11 is 5.92. The Hall–Kier alpha value is -0.680. The molecule has 0 radical (unpaired) electrons. The van der Waals surface area contributed by atoms with Gasteiger partial charge >= 0.3 is 0 Å². The van der Waals surface area contributed by atoms with Gasteiger partial charge < -0.3 is 16.0 Å². The van der Waals surface area contributed by atoms with Crippen LogP contribution in [0.15, 0.2) is 18.2 Å². The lowest BCUT2D eigenvalue weighted by molar-refractivity contribution is -0.116. The number of anilines is 2. The summed E-state index contributed by atoms with van der Waals surface area (Å²) in [6.07, 6.45) is 1.11. The molecular weight excluding hydrogens is 309 g/mol. The normalized spacial score (nSPS) is 9.05. The molecule has 0 heterocycles. The van der Waals surface area contributed by atoms with Crippen molar-refractivity contribution in [3.63, 3.8) is 0 Å². The highest BCUT2D eigenvalue weighted by molar-refractivity contribution is 6.31. The lowest BCUT2D eigenvalue weighted by atomic mass is 10.2. The summed E-state index contributed by atoms with van der Waals surface area (Å²) < 4.78 is 0. The largest absolute Gasteiger partial charge is 0.376 e. The number of nitrogens with zero attached hydrogens (tertiary/aromatic N) is 1. The van der Waals surface area contributed by atoms with Crippen LogP contribution in [0.3, 0.4) is 0 Å². The number of benzene rings is 1. The summed E-state index contributed by atoms with van der Waals surface area (Å²) in [5.41, 5.74) is 7.02. The average Bonchev–Trinajstić information content (AvgIpc) is 2.26. The van der Waals surface area contributed by atoms with Gasteiger partial charge in [0.25, 0.3) is 0 Å². The van der Waals surface area contributed by atoms with Gasteiger partial charge in [-0.15, -0.1) is 24.8 Å². The molecule has 1 rings (SSSR count). The molecule has 3 N–H and O–H groups in total. The molecular formula is C12H20Cl3N3O. The average molecular weight is 329 g/mol. The summed E-state index contributed by atoms with van der Waals surface area (Å²) in [6, 6.07) is 5.42. The Morgan fingerprint density at radius 2 is 2.00 bits per heavy atom. The van der Waals surface area contributed by atoms with E-state index in [2.05, 4.69) is 5.32 Å². The quantitative estimate of drug-likeness (QED) is 0.873. The number of amides is 1. The Labute approximate surface area is 131 Å². The van der Waals surface area contributed by atoms with E-state index in [0.29, 0.717) is 24.4 Å². The van der Waals surface area contributed by atoms with Gasteiger partial charge in [-0.1, -0.05) is 11.6 Å². The molecule has 0 aliphatic carbocycles. The van der Waals surface area contributed by atoms with E-state index in [1.54, 1.807) is 12.1 Å². The molecule has 0 aliphatic heterocycles. The Bertz CT molecular complexity index is 400. The molecule has 0 saturated heterocycles. The van der Waals surface area contributed by atoms with Crippen molar-refractivity contribution in [2.45, 2.75) is 12.8 Å². The number of rotatable bonds is 5. The molecule has 0 atom stereocenters. The van der Waals surface area contributed by atoms with Gasteiger partial charge in [-0.25, -0.2) is 0 Å². The molecule has 0 unspecified atom stereocenters. The minimum absolute atomic E-state index is 0. The maximum atomic E-state index is 11.6. The van der Waals surface area contributed by atoms with Gasteiger partial charge in [-0.2, -0.15) is 0 Å². The third kappa shape index (κ3) is 6.87. The van der Waals surface area contributed by atoms with Crippen LogP contribution in [0, 0.1) is 0 Å². The number of carbonyl (C=O) groups excluding carboxylic acids is 1. The van der Waals surface area contributed by atoms with Gasteiger partial charge in [0.15, 0.2) is 0 Å². The molecule has 0 aliphatic rings. The van der Waals surface area contributed by atoms with E-state index in [1.165, 1.54) is 0 Å². The van der Waals surface area contributed by atoms with Crippen molar-refractivity contribution in [2.75, 3.05) is 30.9 Å². The van der Waals surface area contributed by atoms with E-state index < -0.39 is 0 Å². The van der Waals surface area contributed by atoms with E-state index in [9.17, 15) is 4.79 Å². The van der Waals surface area contributed by atoms with Crippen molar-refractivity contribution in [1.29, 1.82) is 0 Å². The summed E-state index contributed by atoms with van der Waals surface area (Å²) in [5, 5.41) is 3.45. The number of hydrogen-bond acceptors (Lipinski definition) is 3. The van der Waals surface area contributed by atoms with Crippen LogP contribution in [-0.4, -0.2) is 26.5 Å². The maximum absolute atomic E-state index is 11.6. The van der Waals surface area contributed by atoms with Crippen LogP contribution in [0.1, 0.15) is 12.8 Å². The van der Waals surface area contributed by atoms with Gasteiger partial charge in [0, 0.05) is 25.5 Å². The van der Waals surface area contributed by atoms with Crippen molar-refractivity contribution in [3.05, 3.63) is 23.2 Å². The molecule has 1 amide bonds. The lowest BCUT2D eigenvalue weighted by Gasteiger charge is -2.18. The highest BCUT2D eigenvalue weighted by atomic mass is 35.5. The summed E-state index contributed by atoms with van der Waals surface area (Å²) in [7, 11) is 3.83. The van der Waals surface area contributed by atoms with Crippen LogP contribution >= 0.6 is 36.4 Å². The van der Waals surface area contributed by atoms with Crippen LogP contribution in [0.5, 0.6) is 0 Å². The van der Waals surface area contributed by atoms with Crippen molar-refractivity contribution >= 4 is 53.7 Å². The predicted octanol–water partition coefficient (Wildman–Crippen LogP) is 2.93. The summed E-state index contributed by atoms with van der Waals surface area (Å²) in [6.45, 7) is 0.517. The molecule has 0 spiro atoms. The third-order valence-electron chi connectivity index (χ3n) is 2.32. The first-order valence-corrected chi connectivity index (χ1v) is 5.89. The van der Waals surface area contributed by atoms with Crippen LogP contribution in [0.25, 0.3) is 0 Å². The Morgan fingerprint density at radius 1 is 1.37 bits per heavy atom. The summed E-state index contributed by atoms with van der Waals surface area (Å²) in [5.74, 6) is -0.0409. The van der Waals surface area contributed by atoms with Gasteiger partial charge in [0.1, 0.15) is 0 Å². The Kier molecular flexibility index (Phi) is 11.0. The zero-order chi connectivity index (χ0) is 12.8. The number of nitrogens with one attached hydrogen (secondary N) is 1. The molecule has 0 aromatic heterocycles. The van der Waals surface area contributed by atoms with Gasteiger partial charge in [-0.3, -0.25) is 4.79 Å². The second-order valence-electron chi connectivity index (χ2n) is 4.00. The van der Waals surface area contributed by atoms with E-state index >= 15 is 0 Å². The van der Waals surface area contributed by atoms with E-state index in [0.717, 1.165) is 11.4 Å². The molecule has 0 fully saturated rings. The van der Waals surface area contributed by atoms with Crippen LogP contribution in [0.2, 0.25) is 5.02 Å². The SMILES string of the molecule is CN(C)c1ccc(Cl)cc1NC(=O)CCCN.Cl.Cl. The van der Waals surface area contributed by atoms with Crippen LogP contribution in [-0.2, 0) is 4.79 Å². The number of halogens is 3. The van der Waals surface area contributed by atoms with E-state index in [4.69, 9.17) is 17.3 Å². The fraction of sp³-hybridized carbons (Fsp3) is 0.417. The van der Waals surface area contributed by atoms with Crippen molar-refractivity contribution in [1.82, 2.24) is 0 Å².